The highest BCUT2D eigenvalue weighted by atomic mass is 35.5. The summed E-state index contributed by atoms with van der Waals surface area (Å²) in [4.78, 5) is 12.2. The van der Waals surface area contributed by atoms with Gasteiger partial charge in [-0.05, 0) is 36.8 Å². The van der Waals surface area contributed by atoms with Gasteiger partial charge in [0, 0.05) is 5.69 Å². The highest BCUT2D eigenvalue weighted by Gasteiger charge is 2.18. The molecule has 2 rings (SSSR count). The van der Waals surface area contributed by atoms with Crippen molar-refractivity contribution in [3.05, 3.63) is 53.6 Å². The maximum absolute atomic E-state index is 12.2. The summed E-state index contributed by atoms with van der Waals surface area (Å²) >= 11 is 5.85. The van der Waals surface area contributed by atoms with Gasteiger partial charge in [-0.3, -0.25) is 4.79 Å². The standard InChI is InChI=1S/C16H17ClN2O2/c1-2-15(21-12-6-4-3-5-7-12)16(20)19-11-8-9-13(17)14(18)10-11/h3-10,15H,2,18H2,1H3,(H,19,20). The SMILES string of the molecule is CCC(Oc1ccccc1)C(=O)Nc1ccc(Cl)c(N)c1. The number of para-hydroxylation sites is 1. The van der Waals surface area contributed by atoms with Gasteiger partial charge >= 0.3 is 0 Å². The van der Waals surface area contributed by atoms with E-state index >= 15 is 0 Å². The molecule has 2 aromatic rings. The smallest absolute Gasteiger partial charge is 0.265 e. The lowest BCUT2D eigenvalue weighted by Gasteiger charge is -2.17. The average Bonchev–Trinajstić information content (AvgIpc) is 2.49. The van der Waals surface area contributed by atoms with Crippen LogP contribution in [0.1, 0.15) is 13.3 Å². The lowest BCUT2D eigenvalue weighted by Crippen LogP contribution is -2.32. The van der Waals surface area contributed by atoms with Gasteiger partial charge in [-0.15, -0.1) is 0 Å². The van der Waals surface area contributed by atoms with E-state index in [1.807, 2.05) is 37.3 Å². The van der Waals surface area contributed by atoms with Crippen molar-refractivity contribution in [2.75, 3.05) is 11.1 Å². The Hall–Kier alpha value is -2.20. The molecule has 0 saturated heterocycles. The maximum atomic E-state index is 12.2. The third kappa shape index (κ3) is 4.13. The van der Waals surface area contributed by atoms with Crippen LogP contribution in [-0.4, -0.2) is 12.0 Å². The molecule has 110 valence electrons. The minimum Gasteiger partial charge on any atom is -0.481 e. The van der Waals surface area contributed by atoms with E-state index in [-0.39, 0.29) is 5.91 Å². The second-order valence-corrected chi connectivity index (χ2v) is 4.96. The Kier molecular flexibility index (Phi) is 5.06. The summed E-state index contributed by atoms with van der Waals surface area (Å²) in [5, 5.41) is 3.24. The molecule has 4 nitrogen and oxygen atoms in total. The first kappa shape index (κ1) is 15.2. The normalized spacial score (nSPS) is 11.7. The van der Waals surface area contributed by atoms with Crippen LogP contribution in [0.25, 0.3) is 0 Å². The molecule has 0 bridgehead atoms. The molecular formula is C16H17ClN2O2. The van der Waals surface area contributed by atoms with E-state index < -0.39 is 6.10 Å². The van der Waals surface area contributed by atoms with Crippen LogP contribution < -0.4 is 15.8 Å². The maximum Gasteiger partial charge on any atom is 0.265 e. The number of anilines is 2. The molecule has 5 heteroatoms. The van der Waals surface area contributed by atoms with Crippen LogP contribution in [0.2, 0.25) is 5.02 Å². The quantitative estimate of drug-likeness (QED) is 0.827. The van der Waals surface area contributed by atoms with E-state index in [1.165, 1.54) is 0 Å². The molecule has 21 heavy (non-hydrogen) atoms. The van der Waals surface area contributed by atoms with Crippen molar-refractivity contribution < 1.29 is 9.53 Å². The number of carbonyl (C=O) groups excluding carboxylic acids is 1. The van der Waals surface area contributed by atoms with Crippen molar-refractivity contribution in [3.8, 4) is 5.75 Å². The minimum absolute atomic E-state index is 0.219. The summed E-state index contributed by atoms with van der Waals surface area (Å²) in [5.41, 5.74) is 6.73. The highest BCUT2D eigenvalue weighted by Crippen LogP contribution is 2.23. The van der Waals surface area contributed by atoms with Crippen molar-refractivity contribution in [1.29, 1.82) is 0 Å². The predicted octanol–water partition coefficient (Wildman–Crippen LogP) is 3.72. The van der Waals surface area contributed by atoms with E-state index in [0.29, 0.717) is 28.6 Å². The van der Waals surface area contributed by atoms with E-state index in [0.717, 1.165) is 0 Å². The number of carbonyl (C=O) groups is 1. The molecule has 0 aromatic heterocycles. The van der Waals surface area contributed by atoms with Gasteiger partial charge in [0.1, 0.15) is 5.75 Å². The lowest BCUT2D eigenvalue weighted by atomic mass is 10.2. The molecule has 3 N–H and O–H groups in total. The summed E-state index contributed by atoms with van der Waals surface area (Å²) in [6.45, 7) is 1.89. The molecule has 1 amide bonds. The molecule has 0 fully saturated rings. The molecule has 0 aliphatic rings. The fraction of sp³-hybridized carbons (Fsp3) is 0.188. The van der Waals surface area contributed by atoms with E-state index in [1.54, 1.807) is 18.2 Å². The van der Waals surface area contributed by atoms with Crippen LogP contribution in [0, 0.1) is 0 Å². The zero-order chi connectivity index (χ0) is 15.2. The van der Waals surface area contributed by atoms with Crippen molar-refractivity contribution in [1.82, 2.24) is 0 Å². The van der Waals surface area contributed by atoms with Crippen LogP contribution in [0.4, 0.5) is 11.4 Å². The van der Waals surface area contributed by atoms with Crippen molar-refractivity contribution in [2.24, 2.45) is 0 Å². The van der Waals surface area contributed by atoms with E-state index in [9.17, 15) is 4.79 Å². The number of hydrogen-bond acceptors (Lipinski definition) is 3. The highest BCUT2D eigenvalue weighted by molar-refractivity contribution is 6.33. The zero-order valence-electron chi connectivity index (χ0n) is 11.7. The molecule has 0 heterocycles. The third-order valence-electron chi connectivity index (χ3n) is 2.95. The van der Waals surface area contributed by atoms with Crippen LogP contribution in [0.15, 0.2) is 48.5 Å². The van der Waals surface area contributed by atoms with Gasteiger partial charge in [0.2, 0.25) is 0 Å². The van der Waals surface area contributed by atoms with Crippen LogP contribution in [-0.2, 0) is 4.79 Å². The summed E-state index contributed by atoms with van der Waals surface area (Å²) < 4.78 is 5.68. The molecule has 0 saturated carbocycles. The summed E-state index contributed by atoms with van der Waals surface area (Å²) in [6, 6.07) is 14.2. The number of amides is 1. The monoisotopic (exact) mass is 304 g/mol. The summed E-state index contributed by atoms with van der Waals surface area (Å²) in [5.74, 6) is 0.443. The Bertz CT molecular complexity index is 617. The van der Waals surface area contributed by atoms with Gasteiger partial charge in [-0.1, -0.05) is 36.7 Å². The van der Waals surface area contributed by atoms with Gasteiger partial charge in [-0.25, -0.2) is 0 Å². The van der Waals surface area contributed by atoms with Gasteiger partial charge in [0.05, 0.1) is 10.7 Å². The molecule has 0 aliphatic heterocycles. The number of nitrogen functional groups attached to an aromatic ring is 1. The fourth-order valence-electron chi connectivity index (χ4n) is 1.83. The first-order chi connectivity index (χ1) is 10.1. The zero-order valence-corrected chi connectivity index (χ0v) is 12.4. The Labute approximate surface area is 128 Å². The summed E-state index contributed by atoms with van der Waals surface area (Å²) in [7, 11) is 0. The Balaban J connectivity index is 2.04. The Morgan fingerprint density at radius 1 is 1.29 bits per heavy atom. The van der Waals surface area contributed by atoms with Crippen LogP contribution in [0.3, 0.4) is 0 Å². The number of rotatable bonds is 5. The number of nitrogens with two attached hydrogens (primary N) is 1. The van der Waals surface area contributed by atoms with Gasteiger partial charge in [0.15, 0.2) is 6.10 Å². The summed E-state index contributed by atoms with van der Waals surface area (Å²) in [6.07, 6.45) is -0.00614. The third-order valence-corrected chi connectivity index (χ3v) is 3.29. The first-order valence-electron chi connectivity index (χ1n) is 6.67. The second-order valence-electron chi connectivity index (χ2n) is 4.55. The molecule has 0 spiro atoms. The fourth-order valence-corrected chi connectivity index (χ4v) is 1.95. The number of ether oxygens (including phenoxy) is 1. The van der Waals surface area contributed by atoms with Gasteiger partial charge in [-0.2, -0.15) is 0 Å². The minimum atomic E-state index is -0.565. The number of halogens is 1. The van der Waals surface area contributed by atoms with Gasteiger partial charge < -0.3 is 15.8 Å². The van der Waals surface area contributed by atoms with Crippen LogP contribution in [0.5, 0.6) is 5.75 Å². The van der Waals surface area contributed by atoms with Gasteiger partial charge in [0.25, 0.3) is 5.91 Å². The number of hydrogen-bond donors (Lipinski definition) is 2. The molecule has 0 radical (unpaired) electrons. The molecule has 1 unspecified atom stereocenters. The van der Waals surface area contributed by atoms with E-state index in [4.69, 9.17) is 22.1 Å². The number of benzene rings is 2. The first-order valence-corrected chi connectivity index (χ1v) is 7.05. The molecule has 2 aromatic carbocycles. The second kappa shape index (κ2) is 6.99. The average molecular weight is 305 g/mol. The molecular weight excluding hydrogens is 288 g/mol. The van der Waals surface area contributed by atoms with Crippen molar-refractivity contribution in [2.45, 2.75) is 19.4 Å². The van der Waals surface area contributed by atoms with Crippen molar-refractivity contribution >= 4 is 28.9 Å². The van der Waals surface area contributed by atoms with Crippen LogP contribution >= 0.6 is 11.6 Å². The Morgan fingerprint density at radius 2 is 2.00 bits per heavy atom. The molecule has 0 aliphatic carbocycles. The predicted molar refractivity (Wildman–Crippen MR) is 85.6 cm³/mol. The van der Waals surface area contributed by atoms with E-state index in [2.05, 4.69) is 5.32 Å². The lowest BCUT2D eigenvalue weighted by molar-refractivity contribution is -0.122. The molecule has 1 atom stereocenters. The van der Waals surface area contributed by atoms with Crippen molar-refractivity contribution in [3.63, 3.8) is 0 Å². The number of nitrogens with one attached hydrogen (secondary N) is 1. The largest absolute Gasteiger partial charge is 0.481 e. The topological polar surface area (TPSA) is 64.3 Å². The Morgan fingerprint density at radius 3 is 2.62 bits per heavy atom.